The summed E-state index contributed by atoms with van der Waals surface area (Å²) in [5.41, 5.74) is 0. The summed E-state index contributed by atoms with van der Waals surface area (Å²) in [5, 5.41) is 9.68. The lowest BCUT2D eigenvalue weighted by Crippen LogP contribution is -2.40. The van der Waals surface area contributed by atoms with Crippen LogP contribution in [0.4, 0.5) is 0 Å². The normalized spacial score (nSPS) is 13.1. The highest BCUT2D eigenvalue weighted by molar-refractivity contribution is 5.71. The van der Waals surface area contributed by atoms with Gasteiger partial charge >= 0.3 is 17.9 Å². The van der Waals surface area contributed by atoms with Crippen molar-refractivity contribution in [2.24, 2.45) is 0 Å². The summed E-state index contributed by atoms with van der Waals surface area (Å²) in [6.45, 7) is 4.83. The number of hydrogen-bond acceptors (Lipinski definition) is 7. The van der Waals surface area contributed by atoms with E-state index < -0.39 is 24.3 Å². The summed E-state index contributed by atoms with van der Waals surface area (Å²) in [6.07, 6.45) is 59.1. The maximum Gasteiger partial charge on any atom is 0.361 e. The molecule has 68 heavy (non-hydrogen) atoms. The number of carboxylic acids is 1. The molecule has 0 saturated carbocycles. The Hall–Kier alpha value is -2.75. The predicted octanol–water partition coefficient (Wildman–Crippen LogP) is 16.3. The Kier molecular flexibility index (Phi) is 48.6. The zero-order chi connectivity index (χ0) is 49.9. The van der Waals surface area contributed by atoms with E-state index in [1.165, 1.54) is 154 Å². The fourth-order valence-electron chi connectivity index (χ4n) is 7.88. The second-order valence-corrected chi connectivity index (χ2v) is 20.2. The van der Waals surface area contributed by atoms with Gasteiger partial charge in [0.05, 0.1) is 34.4 Å². The number of ether oxygens (including phenoxy) is 4. The number of carbonyl (C=O) groups is 3. The Morgan fingerprint density at radius 2 is 0.809 bits per heavy atom. The van der Waals surface area contributed by atoms with Crippen LogP contribution in [0.15, 0.2) is 48.6 Å². The van der Waals surface area contributed by atoms with E-state index in [9.17, 15) is 19.5 Å². The first kappa shape index (κ1) is 65.2. The summed E-state index contributed by atoms with van der Waals surface area (Å²) >= 11 is 0. The number of carbonyl (C=O) groups excluding carboxylic acids is 2. The lowest BCUT2D eigenvalue weighted by atomic mass is 10.0. The monoisotopic (exact) mass is 959 g/mol. The molecule has 0 aromatic heterocycles. The van der Waals surface area contributed by atoms with Gasteiger partial charge in [-0.15, -0.1) is 0 Å². The van der Waals surface area contributed by atoms with Gasteiger partial charge in [-0.25, -0.2) is 4.79 Å². The van der Waals surface area contributed by atoms with Crippen LogP contribution < -0.4 is 0 Å². The van der Waals surface area contributed by atoms with E-state index in [0.29, 0.717) is 11.0 Å². The number of rotatable bonds is 52. The first-order valence-electron chi connectivity index (χ1n) is 28.3. The second kappa shape index (κ2) is 50.6. The van der Waals surface area contributed by atoms with Crippen LogP contribution in [-0.2, 0) is 33.3 Å². The third-order valence-electron chi connectivity index (χ3n) is 12.3. The molecule has 2 unspecified atom stereocenters. The van der Waals surface area contributed by atoms with Gasteiger partial charge < -0.3 is 28.5 Å². The maximum atomic E-state index is 12.9. The molecular weight excluding hydrogens is 851 g/mol. The lowest BCUT2D eigenvalue weighted by Gasteiger charge is -2.25. The minimum absolute atomic E-state index is 0.185. The van der Waals surface area contributed by atoms with Gasteiger partial charge in [-0.05, 0) is 70.6 Å². The van der Waals surface area contributed by atoms with Gasteiger partial charge in [0.2, 0.25) is 0 Å². The highest BCUT2D eigenvalue weighted by Crippen LogP contribution is 2.16. The molecule has 0 spiro atoms. The number of nitrogens with zero attached hydrogens (tertiary/aromatic N) is 1. The van der Waals surface area contributed by atoms with Crippen LogP contribution in [0, 0.1) is 0 Å². The van der Waals surface area contributed by atoms with Crippen LogP contribution in [0.5, 0.6) is 0 Å². The van der Waals surface area contributed by atoms with E-state index in [-0.39, 0.29) is 38.6 Å². The molecule has 9 heteroatoms. The number of unbranched alkanes of at least 4 members (excludes halogenated alkanes) is 29. The molecule has 0 aromatic carbocycles. The molecule has 0 saturated heterocycles. The molecule has 9 nitrogen and oxygen atoms in total. The molecule has 0 rings (SSSR count). The van der Waals surface area contributed by atoms with E-state index in [2.05, 4.69) is 62.5 Å². The van der Waals surface area contributed by atoms with Crippen molar-refractivity contribution in [1.82, 2.24) is 0 Å². The molecule has 0 heterocycles. The van der Waals surface area contributed by atoms with Crippen molar-refractivity contribution >= 4 is 17.9 Å². The van der Waals surface area contributed by atoms with Gasteiger partial charge in [-0.1, -0.05) is 217 Å². The van der Waals surface area contributed by atoms with Gasteiger partial charge in [-0.2, -0.15) is 0 Å². The minimum atomic E-state index is -1.51. The Balaban J connectivity index is 4.16. The van der Waals surface area contributed by atoms with Crippen LogP contribution in [0.2, 0.25) is 0 Å². The van der Waals surface area contributed by atoms with Crippen molar-refractivity contribution in [1.29, 1.82) is 0 Å². The van der Waals surface area contributed by atoms with E-state index in [1.54, 1.807) is 0 Å². The third-order valence-corrected chi connectivity index (χ3v) is 12.3. The van der Waals surface area contributed by atoms with Crippen molar-refractivity contribution in [3.63, 3.8) is 0 Å². The molecule has 0 amide bonds. The molecule has 1 N–H and O–H groups in total. The number of esters is 2. The van der Waals surface area contributed by atoms with Gasteiger partial charge in [0, 0.05) is 12.8 Å². The Bertz CT molecular complexity index is 1250. The first-order valence-corrected chi connectivity index (χ1v) is 28.3. The largest absolute Gasteiger partial charge is 0.477 e. The van der Waals surface area contributed by atoms with Gasteiger partial charge in [0.1, 0.15) is 13.2 Å². The molecule has 0 aliphatic rings. The van der Waals surface area contributed by atoms with Crippen molar-refractivity contribution in [2.75, 3.05) is 47.5 Å². The highest BCUT2D eigenvalue weighted by Gasteiger charge is 2.25. The molecule has 0 fully saturated rings. The van der Waals surface area contributed by atoms with Crippen LogP contribution in [0.25, 0.3) is 0 Å². The molecule has 0 aliphatic heterocycles. The number of carboxylic acid groups (broad SMARTS) is 1. The molecule has 0 aromatic rings. The smallest absolute Gasteiger partial charge is 0.361 e. The molecule has 0 bridgehead atoms. The van der Waals surface area contributed by atoms with E-state index in [0.717, 1.165) is 70.6 Å². The topological polar surface area (TPSA) is 108 Å². The Morgan fingerprint density at radius 3 is 1.21 bits per heavy atom. The number of quaternary nitrogens is 1. The summed E-state index contributed by atoms with van der Waals surface area (Å²) in [4.78, 5) is 37.3. The van der Waals surface area contributed by atoms with Gasteiger partial charge in [0.25, 0.3) is 6.29 Å². The van der Waals surface area contributed by atoms with Crippen LogP contribution in [0.3, 0.4) is 0 Å². The number of aliphatic carboxylic acids is 1. The quantitative estimate of drug-likeness (QED) is 0.0211. The average molecular weight is 960 g/mol. The van der Waals surface area contributed by atoms with Crippen LogP contribution >= 0.6 is 0 Å². The third kappa shape index (κ3) is 51.1. The number of hydrogen-bond donors (Lipinski definition) is 1. The lowest BCUT2D eigenvalue weighted by molar-refractivity contribution is -0.870. The number of allylic oxidation sites excluding steroid dienone is 8. The van der Waals surface area contributed by atoms with Crippen LogP contribution in [0.1, 0.15) is 251 Å². The predicted molar refractivity (Wildman–Crippen MR) is 286 cm³/mol. The zero-order valence-electron chi connectivity index (χ0n) is 45.0. The fourth-order valence-corrected chi connectivity index (χ4v) is 7.88. The Morgan fingerprint density at radius 1 is 0.441 bits per heavy atom. The zero-order valence-corrected chi connectivity index (χ0v) is 45.0. The molecule has 2 atom stereocenters. The van der Waals surface area contributed by atoms with Crippen LogP contribution in [-0.4, -0.2) is 87.4 Å². The van der Waals surface area contributed by atoms with Gasteiger partial charge in [0.15, 0.2) is 6.10 Å². The SMILES string of the molecule is CCCC/C=C\C/C=C\CCCCCCCC(=O)OCC(COC(OCC[N+](C)(C)C)C(=O)O)OC(=O)CCCCCCCCCCCCCCCCCCC/C=C\C/C=C\CCCCCCC. The van der Waals surface area contributed by atoms with E-state index in [1.807, 2.05) is 21.1 Å². The fraction of sp³-hybridized carbons (Fsp3) is 0.814. The highest BCUT2D eigenvalue weighted by atomic mass is 16.7. The van der Waals surface area contributed by atoms with Crippen molar-refractivity contribution in [3.05, 3.63) is 48.6 Å². The molecule has 0 radical (unpaired) electrons. The Labute approximate surface area is 419 Å². The average Bonchev–Trinajstić information content (AvgIpc) is 3.30. The molecule has 0 aliphatic carbocycles. The van der Waals surface area contributed by atoms with Crippen molar-refractivity contribution < 1.29 is 42.9 Å². The van der Waals surface area contributed by atoms with Crippen molar-refractivity contribution in [2.45, 2.75) is 264 Å². The summed E-state index contributed by atoms with van der Waals surface area (Å²) in [6, 6.07) is 0. The maximum absolute atomic E-state index is 12.9. The minimum Gasteiger partial charge on any atom is -0.477 e. The summed E-state index contributed by atoms with van der Waals surface area (Å²) in [5.74, 6) is -2.02. The standard InChI is InChI=1S/C59H107NO8/c1-6-8-10-12-14-16-18-20-22-23-24-25-26-27-28-29-30-31-32-33-34-35-36-38-40-42-44-46-48-50-57(62)68-55(54-67-59(58(63)64)65-52-51-60(3,4)5)53-66-56(61)49-47-45-43-41-39-37-21-19-17-15-13-11-9-7-2/h13,15,18-21,23-24,55,59H,6-12,14,16-17,22,25-54H2,1-5H3/p+1/b15-13-,20-18-,21-19-,24-23-. The van der Waals surface area contributed by atoms with Gasteiger partial charge in [-0.3, -0.25) is 9.59 Å². The summed E-state index contributed by atoms with van der Waals surface area (Å²) in [7, 11) is 5.96. The summed E-state index contributed by atoms with van der Waals surface area (Å²) < 4.78 is 22.8. The molecular formula is C59H108NO8+. The van der Waals surface area contributed by atoms with E-state index >= 15 is 0 Å². The van der Waals surface area contributed by atoms with E-state index in [4.69, 9.17) is 18.9 Å². The second-order valence-electron chi connectivity index (χ2n) is 20.2. The van der Waals surface area contributed by atoms with Crippen molar-refractivity contribution in [3.8, 4) is 0 Å². The molecule has 396 valence electrons. The number of likely N-dealkylation sites (N-methyl/N-ethyl adjacent to an activating group) is 1. The first-order chi connectivity index (χ1) is 33.1.